The number of piperazine rings is 1. The molecule has 1 saturated heterocycles. The van der Waals surface area contributed by atoms with Gasteiger partial charge in [-0.2, -0.15) is 0 Å². The molecule has 2 aliphatic heterocycles. The zero-order chi connectivity index (χ0) is 24.5. The van der Waals surface area contributed by atoms with Crippen LogP contribution in [0.1, 0.15) is 24.8 Å². The van der Waals surface area contributed by atoms with Crippen LogP contribution in [-0.4, -0.2) is 50.3 Å². The molecule has 9 nitrogen and oxygen atoms in total. The molecule has 0 aromatic heterocycles. The Balaban J connectivity index is 0.000000751. The van der Waals surface area contributed by atoms with Gasteiger partial charge in [-0.15, -0.1) is 0 Å². The van der Waals surface area contributed by atoms with E-state index < -0.39 is 5.09 Å². The van der Waals surface area contributed by atoms with E-state index in [1.54, 1.807) is 4.90 Å². The van der Waals surface area contributed by atoms with Crippen molar-refractivity contribution in [3.8, 4) is 5.75 Å². The maximum Gasteiger partial charge on any atom is 0.224 e. The molecule has 0 atom stereocenters. The zero-order valence-electron chi connectivity index (χ0n) is 18.7. The van der Waals surface area contributed by atoms with Crippen molar-refractivity contribution >= 4 is 40.5 Å². The minimum absolute atomic E-state index is 0.0837. The van der Waals surface area contributed by atoms with E-state index in [0.717, 1.165) is 69.1 Å². The molecule has 0 unspecified atom stereocenters. The van der Waals surface area contributed by atoms with Gasteiger partial charge in [-0.1, -0.05) is 35.3 Å². The minimum atomic E-state index is -1.75. The Bertz CT molecular complexity index is 995. The fourth-order valence-corrected chi connectivity index (χ4v) is 4.57. The highest BCUT2D eigenvalue weighted by molar-refractivity contribution is 6.43. The van der Waals surface area contributed by atoms with Gasteiger partial charge >= 0.3 is 0 Å². The number of halogens is 2. The molecule has 1 fully saturated rings. The zero-order valence-corrected chi connectivity index (χ0v) is 20.2. The van der Waals surface area contributed by atoms with Gasteiger partial charge in [0.1, 0.15) is 5.75 Å². The lowest BCUT2D eigenvalue weighted by molar-refractivity contribution is -0.900. The first-order valence-electron chi connectivity index (χ1n) is 11.2. The number of nitrogens with one attached hydrogen (secondary N) is 2. The summed E-state index contributed by atoms with van der Waals surface area (Å²) in [6.07, 6.45) is 3.53. The molecular weight excluding hydrogens is 483 g/mol. The minimum Gasteiger partial charge on any atom is -0.494 e. The molecule has 0 bridgehead atoms. The van der Waals surface area contributed by atoms with Crippen molar-refractivity contribution in [1.82, 2.24) is 0 Å². The number of nitrogens with zero attached hydrogens (tertiary/aromatic N) is 2. The summed E-state index contributed by atoms with van der Waals surface area (Å²) in [6.45, 7) is 6.05. The highest BCUT2D eigenvalue weighted by Crippen LogP contribution is 2.32. The van der Waals surface area contributed by atoms with Crippen LogP contribution in [0, 0.1) is 15.3 Å². The van der Waals surface area contributed by atoms with Gasteiger partial charge in [0, 0.05) is 18.2 Å². The first-order valence-corrected chi connectivity index (χ1v) is 12.0. The summed E-state index contributed by atoms with van der Waals surface area (Å²) in [5.41, 5.74) is 3.12. The molecule has 11 heteroatoms. The number of unbranched alkanes of at least 4 members (excludes halogenated alkanes) is 1. The van der Waals surface area contributed by atoms with Gasteiger partial charge in [0.25, 0.3) is 0 Å². The third-order valence-corrected chi connectivity index (χ3v) is 6.72. The van der Waals surface area contributed by atoms with Crippen molar-refractivity contribution in [1.29, 1.82) is 0 Å². The van der Waals surface area contributed by atoms with E-state index in [1.165, 1.54) is 5.56 Å². The fraction of sp³-hybridized carbons (Fsp3) is 0.435. The molecule has 184 valence electrons. The summed E-state index contributed by atoms with van der Waals surface area (Å²) in [5, 5.41) is 18.9. The van der Waals surface area contributed by atoms with Crippen LogP contribution in [0.3, 0.4) is 0 Å². The molecule has 2 N–H and O–H groups in total. The van der Waals surface area contributed by atoms with Gasteiger partial charge in [0.2, 0.25) is 5.91 Å². The van der Waals surface area contributed by atoms with E-state index in [0.29, 0.717) is 23.1 Å². The highest BCUT2D eigenvalue weighted by atomic mass is 35.5. The Morgan fingerprint density at radius 2 is 1.82 bits per heavy atom. The smallest absolute Gasteiger partial charge is 0.224 e. The van der Waals surface area contributed by atoms with Crippen molar-refractivity contribution in [2.75, 3.05) is 49.5 Å². The second kappa shape index (κ2) is 12.6. The maximum absolute atomic E-state index is 11.5. The number of ether oxygens (including phenoxy) is 1. The van der Waals surface area contributed by atoms with Gasteiger partial charge in [-0.3, -0.25) is 4.79 Å². The monoisotopic (exact) mass is 510 g/mol. The van der Waals surface area contributed by atoms with Crippen LogP contribution < -0.4 is 19.9 Å². The highest BCUT2D eigenvalue weighted by Gasteiger charge is 2.22. The SMILES string of the molecule is O=C1CCc2ccc(OCCCC[NH+]3CCN(c4cccc(Cl)c4Cl)CC3)cc2N1.O=[N+]([O-])[O-]. The van der Waals surface area contributed by atoms with Crippen molar-refractivity contribution < 1.29 is 19.5 Å². The van der Waals surface area contributed by atoms with Crippen LogP contribution in [0.25, 0.3) is 0 Å². The number of carbonyl (C=O) groups excluding carboxylic acids is 1. The number of hydrogen-bond donors (Lipinski definition) is 2. The predicted molar refractivity (Wildman–Crippen MR) is 133 cm³/mol. The lowest BCUT2D eigenvalue weighted by Gasteiger charge is -2.34. The van der Waals surface area contributed by atoms with E-state index in [1.807, 2.05) is 30.3 Å². The summed E-state index contributed by atoms with van der Waals surface area (Å²) in [5.74, 6) is 0.913. The van der Waals surface area contributed by atoms with Crippen LogP contribution in [0.4, 0.5) is 11.4 Å². The van der Waals surface area contributed by atoms with Gasteiger partial charge in [0.15, 0.2) is 0 Å². The molecule has 0 spiro atoms. The van der Waals surface area contributed by atoms with Crippen molar-refractivity contribution in [2.24, 2.45) is 0 Å². The predicted octanol–water partition coefficient (Wildman–Crippen LogP) is 3.20. The number of fused-ring (bicyclic) bond motifs is 1. The summed E-state index contributed by atoms with van der Waals surface area (Å²) in [4.78, 5) is 23.8. The van der Waals surface area contributed by atoms with Crippen LogP contribution in [0.5, 0.6) is 5.75 Å². The number of aryl methyl sites for hydroxylation is 1. The lowest BCUT2D eigenvalue weighted by Crippen LogP contribution is -3.14. The van der Waals surface area contributed by atoms with Crippen LogP contribution in [0.15, 0.2) is 36.4 Å². The van der Waals surface area contributed by atoms with E-state index in [9.17, 15) is 4.79 Å². The third-order valence-electron chi connectivity index (χ3n) is 5.91. The van der Waals surface area contributed by atoms with Crippen molar-refractivity contribution in [2.45, 2.75) is 25.7 Å². The molecule has 0 aliphatic carbocycles. The Kier molecular flexibility index (Phi) is 9.62. The molecule has 2 heterocycles. The Hall–Kier alpha value is -2.75. The maximum atomic E-state index is 11.5. The van der Waals surface area contributed by atoms with Gasteiger partial charge in [-0.05, 0) is 43.0 Å². The summed E-state index contributed by atoms with van der Waals surface area (Å²) >= 11 is 12.5. The third kappa shape index (κ3) is 7.65. The Morgan fingerprint density at radius 1 is 1.09 bits per heavy atom. The number of hydrogen-bond acceptors (Lipinski definition) is 6. The number of quaternary nitrogens is 1. The van der Waals surface area contributed by atoms with E-state index in [2.05, 4.69) is 16.3 Å². The number of anilines is 2. The van der Waals surface area contributed by atoms with Crippen LogP contribution in [-0.2, 0) is 11.2 Å². The molecule has 2 aliphatic rings. The number of benzene rings is 2. The number of rotatable bonds is 7. The molecule has 2 aromatic carbocycles. The largest absolute Gasteiger partial charge is 0.494 e. The van der Waals surface area contributed by atoms with Gasteiger partial charge in [0.05, 0.1) is 60.1 Å². The summed E-state index contributed by atoms with van der Waals surface area (Å²) < 4.78 is 5.90. The number of carbonyl (C=O) groups is 1. The molecular formula is C23H28Cl2N4O5. The van der Waals surface area contributed by atoms with E-state index in [-0.39, 0.29) is 5.91 Å². The first kappa shape index (κ1) is 25.9. The standard InChI is InChI=1S/C23H27Cl2N3O2.NO3/c24-19-4-3-5-21(23(19)25)28-13-11-27(12-14-28)10-1-2-15-30-18-8-6-17-7-9-22(29)26-20(17)16-18;2-1(3)4/h3-6,8,16H,1-2,7,9-15H2,(H,26,29);/q;-1/p+1. The normalized spacial score (nSPS) is 15.6. The van der Waals surface area contributed by atoms with Crippen LogP contribution >= 0.6 is 23.2 Å². The average Bonchev–Trinajstić information content (AvgIpc) is 2.80. The molecule has 1 amide bonds. The summed E-state index contributed by atoms with van der Waals surface area (Å²) in [6, 6.07) is 11.8. The Morgan fingerprint density at radius 3 is 2.56 bits per heavy atom. The molecule has 0 radical (unpaired) electrons. The Labute approximate surface area is 208 Å². The molecule has 34 heavy (non-hydrogen) atoms. The average molecular weight is 511 g/mol. The van der Waals surface area contributed by atoms with Gasteiger partial charge in [-0.25, -0.2) is 0 Å². The second-order valence-corrected chi connectivity index (χ2v) is 8.99. The van der Waals surface area contributed by atoms with Crippen molar-refractivity contribution in [3.63, 3.8) is 0 Å². The van der Waals surface area contributed by atoms with Crippen LogP contribution in [0.2, 0.25) is 10.0 Å². The second-order valence-electron chi connectivity index (χ2n) is 8.21. The lowest BCUT2D eigenvalue weighted by atomic mass is 10.0. The topological polar surface area (TPSA) is 112 Å². The fourth-order valence-electron chi connectivity index (χ4n) is 4.16. The number of amides is 1. The molecule has 0 saturated carbocycles. The molecule has 4 rings (SSSR count). The quantitative estimate of drug-likeness (QED) is 0.336. The van der Waals surface area contributed by atoms with E-state index in [4.69, 9.17) is 43.3 Å². The van der Waals surface area contributed by atoms with E-state index >= 15 is 0 Å². The molecule has 2 aromatic rings. The van der Waals surface area contributed by atoms with Crippen molar-refractivity contribution in [3.05, 3.63) is 67.3 Å². The summed E-state index contributed by atoms with van der Waals surface area (Å²) in [7, 11) is 0. The van der Waals surface area contributed by atoms with Gasteiger partial charge < -0.3 is 35.2 Å². The first-order chi connectivity index (χ1) is 16.3.